The van der Waals surface area contributed by atoms with Crippen LogP contribution in [0.4, 0.5) is 5.13 Å². The third kappa shape index (κ3) is 2.63. The molecule has 3 heterocycles. The van der Waals surface area contributed by atoms with Gasteiger partial charge >= 0.3 is 5.97 Å². The molecule has 7 nitrogen and oxygen atoms in total. The van der Waals surface area contributed by atoms with Gasteiger partial charge in [-0.05, 0) is 26.2 Å². The van der Waals surface area contributed by atoms with E-state index in [1.54, 1.807) is 6.92 Å². The highest BCUT2D eigenvalue weighted by atomic mass is 32.1. The molecule has 0 aliphatic carbocycles. The number of thiazole rings is 1. The van der Waals surface area contributed by atoms with Crippen molar-refractivity contribution in [3.8, 4) is 0 Å². The molecule has 2 aromatic heterocycles. The highest BCUT2D eigenvalue weighted by Gasteiger charge is 2.19. The number of carbonyl (C=O) groups is 1. The van der Waals surface area contributed by atoms with Crippen molar-refractivity contribution in [1.82, 2.24) is 14.5 Å². The monoisotopic (exact) mass is 308 g/mol. The maximum Gasteiger partial charge on any atom is 0.323 e. The molecule has 8 heteroatoms. The van der Waals surface area contributed by atoms with E-state index in [-0.39, 0.29) is 12.1 Å². The van der Waals surface area contributed by atoms with Crippen molar-refractivity contribution in [3.05, 3.63) is 16.2 Å². The van der Waals surface area contributed by atoms with Crippen LogP contribution in [0.1, 0.15) is 25.1 Å². The van der Waals surface area contributed by atoms with Gasteiger partial charge in [-0.25, -0.2) is 4.98 Å². The van der Waals surface area contributed by atoms with Crippen molar-refractivity contribution < 1.29 is 9.90 Å². The van der Waals surface area contributed by atoms with Crippen LogP contribution in [-0.4, -0.2) is 38.7 Å². The first-order chi connectivity index (χ1) is 10.1. The van der Waals surface area contributed by atoms with Gasteiger partial charge in [0, 0.05) is 13.1 Å². The van der Waals surface area contributed by atoms with Crippen LogP contribution in [0.25, 0.3) is 10.3 Å². The summed E-state index contributed by atoms with van der Waals surface area (Å²) >= 11 is 1.31. The number of rotatable bonds is 3. The summed E-state index contributed by atoms with van der Waals surface area (Å²) in [5.74, 6) is -0.674. The molecule has 0 spiro atoms. The second kappa shape index (κ2) is 5.44. The van der Waals surface area contributed by atoms with Crippen molar-refractivity contribution in [3.63, 3.8) is 0 Å². The third-order valence-electron chi connectivity index (χ3n) is 3.62. The van der Waals surface area contributed by atoms with E-state index in [1.165, 1.54) is 22.3 Å². The molecule has 1 N–H and O–H groups in total. The molecule has 0 amide bonds. The van der Waals surface area contributed by atoms with Gasteiger partial charge in [-0.2, -0.15) is 4.98 Å². The molecule has 1 aliphatic heterocycles. The fourth-order valence-corrected chi connectivity index (χ4v) is 3.55. The van der Waals surface area contributed by atoms with Gasteiger partial charge in [0.1, 0.15) is 17.1 Å². The smallest absolute Gasteiger partial charge is 0.323 e. The van der Waals surface area contributed by atoms with Crippen molar-refractivity contribution >= 4 is 32.8 Å². The lowest BCUT2D eigenvalue weighted by Gasteiger charge is -2.25. The van der Waals surface area contributed by atoms with Crippen molar-refractivity contribution in [1.29, 1.82) is 0 Å². The largest absolute Gasteiger partial charge is 0.480 e. The summed E-state index contributed by atoms with van der Waals surface area (Å²) in [6.07, 6.45) is 3.49. The van der Waals surface area contributed by atoms with Crippen LogP contribution in [-0.2, 0) is 11.3 Å². The fraction of sp³-hybridized carbons (Fsp3) is 0.538. The van der Waals surface area contributed by atoms with E-state index in [0.717, 1.165) is 31.1 Å². The van der Waals surface area contributed by atoms with E-state index in [9.17, 15) is 9.59 Å². The van der Waals surface area contributed by atoms with Gasteiger partial charge in [-0.1, -0.05) is 11.3 Å². The van der Waals surface area contributed by atoms with Crippen LogP contribution in [0.5, 0.6) is 0 Å². The van der Waals surface area contributed by atoms with Crippen LogP contribution >= 0.6 is 11.3 Å². The first-order valence-electron chi connectivity index (χ1n) is 6.91. The zero-order valence-electron chi connectivity index (χ0n) is 11.7. The Hall–Kier alpha value is -1.96. The zero-order valence-corrected chi connectivity index (χ0v) is 12.5. The lowest BCUT2D eigenvalue weighted by Crippen LogP contribution is -2.29. The number of hydrogen-bond donors (Lipinski definition) is 1. The minimum Gasteiger partial charge on any atom is -0.480 e. The molecule has 0 radical (unpaired) electrons. The minimum absolute atomic E-state index is 0.319. The molecule has 1 aliphatic rings. The normalized spacial score (nSPS) is 15.6. The molecule has 0 unspecified atom stereocenters. The molecular weight excluding hydrogens is 292 g/mol. The van der Waals surface area contributed by atoms with Crippen molar-refractivity contribution in [2.45, 2.75) is 32.7 Å². The standard InChI is InChI=1S/C13H16N4O3S/c1-8-14-11-10(12(20)17(8)7-9(18)19)21-13(15-11)16-5-3-2-4-6-16/h2-7H2,1H3,(H,18,19). The second-order valence-corrected chi connectivity index (χ2v) is 6.12. The maximum atomic E-state index is 12.4. The number of aliphatic carboxylic acids is 1. The van der Waals surface area contributed by atoms with E-state index in [2.05, 4.69) is 14.9 Å². The minimum atomic E-state index is -1.05. The van der Waals surface area contributed by atoms with Gasteiger partial charge in [0.2, 0.25) is 0 Å². The number of piperidine rings is 1. The average Bonchev–Trinajstić information content (AvgIpc) is 2.88. The molecule has 1 fully saturated rings. The Balaban J connectivity index is 2.06. The van der Waals surface area contributed by atoms with Gasteiger partial charge in [-0.15, -0.1) is 0 Å². The van der Waals surface area contributed by atoms with Gasteiger partial charge < -0.3 is 10.0 Å². The molecule has 0 saturated carbocycles. The van der Waals surface area contributed by atoms with Crippen LogP contribution in [0.2, 0.25) is 0 Å². The number of fused-ring (bicyclic) bond motifs is 1. The Morgan fingerprint density at radius 3 is 2.67 bits per heavy atom. The highest BCUT2D eigenvalue weighted by Crippen LogP contribution is 2.27. The van der Waals surface area contributed by atoms with Crippen molar-refractivity contribution in [2.24, 2.45) is 0 Å². The van der Waals surface area contributed by atoms with Crippen LogP contribution in [0.3, 0.4) is 0 Å². The predicted molar refractivity (Wildman–Crippen MR) is 80.1 cm³/mol. The van der Waals surface area contributed by atoms with Gasteiger partial charge in [0.25, 0.3) is 5.56 Å². The lowest BCUT2D eigenvalue weighted by atomic mass is 10.1. The Kier molecular flexibility index (Phi) is 3.62. The van der Waals surface area contributed by atoms with Gasteiger partial charge in [-0.3, -0.25) is 14.2 Å². The van der Waals surface area contributed by atoms with Gasteiger partial charge in [0.05, 0.1) is 0 Å². The van der Waals surface area contributed by atoms with Crippen LogP contribution in [0.15, 0.2) is 4.79 Å². The molecule has 1 saturated heterocycles. The summed E-state index contributed by atoms with van der Waals surface area (Å²) < 4.78 is 1.62. The number of aryl methyl sites for hydroxylation is 1. The topological polar surface area (TPSA) is 88.3 Å². The number of carboxylic acid groups (broad SMARTS) is 1. The Bertz CT molecular complexity index is 746. The maximum absolute atomic E-state index is 12.4. The van der Waals surface area contributed by atoms with E-state index in [0.29, 0.717) is 16.2 Å². The Morgan fingerprint density at radius 1 is 1.29 bits per heavy atom. The Morgan fingerprint density at radius 2 is 2.00 bits per heavy atom. The summed E-state index contributed by atoms with van der Waals surface area (Å²) in [5.41, 5.74) is 0.102. The fourth-order valence-electron chi connectivity index (χ4n) is 2.54. The first kappa shape index (κ1) is 14.0. The molecule has 112 valence electrons. The first-order valence-corrected chi connectivity index (χ1v) is 7.72. The lowest BCUT2D eigenvalue weighted by molar-refractivity contribution is -0.137. The number of carboxylic acids is 1. The summed E-state index contributed by atoms with van der Waals surface area (Å²) in [7, 11) is 0. The summed E-state index contributed by atoms with van der Waals surface area (Å²) in [6.45, 7) is 3.15. The summed E-state index contributed by atoms with van der Waals surface area (Å²) in [6, 6.07) is 0. The number of anilines is 1. The zero-order chi connectivity index (χ0) is 15.0. The molecule has 21 heavy (non-hydrogen) atoms. The highest BCUT2D eigenvalue weighted by molar-refractivity contribution is 7.22. The number of nitrogens with zero attached hydrogens (tertiary/aromatic N) is 4. The molecule has 2 aromatic rings. The summed E-state index contributed by atoms with van der Waals surface area (Å²) in [5, 5.41) is 9.70. The SMILES string of the molecule is Cc1nc2nc(N3CCCCC3)sc2c(=O)n1CC(=O)O. The molecule has 0 aromatic carbocycles. The molecule has 3 rings (SSSR count). The Labute approximate surface area is 124 Å². The van der Waals surface area contributed by atoms with E-state index in [4.69, 9.17) is 5.11 Å². The van der Waals surface area contributed by atoms with E-state index >= 15 is 0 Å². The predicted octanol–water partition coefficient (Wildman–Crippen LogP) is 1.24. The molecule has 0 bridgehead atoms. The van der Waals surface area contributed by atoms with E-state index < -0.39 is 5.97 Å². The second-order valence-electron chi connectivity index (χ2n) is 5.14. The average molecular weight is 308 g/mol. The summed E-state index contributed by atoms with van der Waals surface area (Å²) in [4.78, 5) is 34.1. The third-order valence-corrected chi connectivity index (χ3v) is 4.71. The molecular formula is C13H16N4O3S. The van der Waals surface area contributed by atoms with Crippen molar-refractivity contribution in [2.75, 3.05) is 18.0 Å². The van der Waals surface area contributed by atoms with Crippen LogP contribution in [0, 0.1) is 6.92 Å². The van der Waals surface area contributed by atoms with E-state index in [1.807, 2.05) is 0 Å². The quantitative estimate of drug-likeness (QED) is 0.917. The van der Waals surface area contributed by atoms with Gasteiger partial charge in [0.15, 0.2) is 10.8 Å². The molecule has 0 atom stereocenters. The number of aromatic nitrogens is 3. The number of hydrogen-bond acceptors (Lipinski definition) is 6. The van der Waals surface area contributed by atoms with Crippen LogP contribution < -0.4 is 10.5 Å².